The van der Waals surface area contributed by atoms with Crippen LogP contribution in [-0.4, -0.2) is 25.0 Å². The fourth-order valence-electron chi connectivity index (χ4n) is 1.56. The minimum absolute atomic E-state index is 0.315. The first-order chi connectivity index (χ1) is 9.06. The van der Waals surface area contributed by atoms with E-state index in [1.165, 1.54) is 12.3 Å². The number of rotatable bonds is 3. The van der Waals surface area contributed by atoms with E-state index in [1.807, 2.05) is 43.3 Å². The number of nitrogens with one attached hydrogen (secondary N) is 1. The van der Waals surface area contributed by atoms with Gasteiger partial charge >= 0.3 is 0 Å². The second kappa shape index (κ2) is 5.48. The highest BCUT2D eigenvalue weighted by Gasteiger charge is 2.06. The molecular formula is C14H14FN3O. The lowest BCUT2D eigenvalue weighted by molar-refractivity contribution is 0.102. The molecule has 0 radical (unpaired) electrons. The zero-order valence-corrected chi connectivity index (χ0v) is 10.7. The Morgan fingerprint density at radius 3 is 2.37 bits per heavy atom. The number of halogens is 1. The molecule has 2 aromatic rings. The molecule has 2 rings (SSSR count). The molecule has 1 aromatic carbocycles. The Morgan fingerprint density at radius 1 is 1.16 bits per heavy atom. The Kier molecular flexibility index (Phi) is 3.75. The maximum atomic E-state index is 12.6. The Labute approximate surface area is 110 Å². The van der Waals surface area contributed by atoms with E-state index in [0.717, 1.165) is 11.8 Å². The van der Waals surface area contributed by atoms with Gasteiger partial charge in [-0.3, -0.25) is 4.79 Å². The van der Waals surface area contributed by atoms with Gasteiger partial charge in [-0.15, -0.1) is 0 Å². The lowest BCUT2D eigenvalue weighted by atomic mass is 10.2. The van der Waals surface area contributed by atoms with Crippen molar-refractivity contribution in [1.82, 2.24) is 4.98 Å². The number of anilines is 2. The zero-order valence-electron chi connectivity index (χ0n) is 10.7. The molecule has 1 N–H and O–H groups in total. The molecule has 0 unspecified atom stereocenters. The molecule has 4 nitrogen and oxygen atoms in total. The monoisotopic (exact) mass is 259 g/mol. The largest absolute Gasteiger partial charge is 0.378 e. The highest BCUT2D eigenvalue weighted by molar-refractivity contribution is 6.04. The minimum atomic E-state index is -0.605. The Bertz CT molecular complexity index is 564. The van der Waals surface area contributed by atoms with Crippen LogP contribution in [0.1, 0.15) is 10.4 Å². The van der Waals surface area contributed by atoms with Crippen LogP contribution in [0.2, 0.25) is 0 Å². The van der Waals surface area contributed by atoms with Gasteiger partial charge in [-0.1, -0.05) is 0 Å². The molecule has 1 heterocycles. The molecule has 98 valence electrons. The number of aromatic nitrogens is 1. The molecule has 0 atom stereocenters. The summed E-state index contributed by atoms with van der Waals surface area (Å²) < 4.78 is 12.6. The van der Waals surface area contributed by atoms with Crippen molar-refractivity contribution in [2.45, 2.75) is 0 Å². The molecule has 0 aliphatic rings. The SMILES string of the molecule is CN(C)c1ccc(NC(=O)c2ccc(F)nc2)cc1. The first-order valence-corrected chi connectivity index (χ1v) is 5.76. The highest BCUT2D eigenvalue weighted by atomic mass is 19.1. The standard InChI is InChI=1S/C14H14FN3O/c1-18(2)12-6-4-11(5-7-12)17-14(19)10-3-8-13(15)16-9-10/h3-9H,1-2H3,(H,17,19). The molecule has 0 spiro atoms. The highest BCUT2D eigenvalue weighted by Crippen LogP contribution is 2.16. The van der Waals surface area contributed by atoms with Crippen LogP contribution in [0.3, 0.4) is 0 Å². The van der Waals surface area contributed by atoms with Gasteiger partial charge in [-0.25, -0.2) is 4.98 Å². The summed E-state index contributed by atoms with van der Waals surface area (Å²) in [4.78, 5) is 17.3. The first kappa shape index (κ1) is 13.0. The van der Waals surface area contributed by atoms with Crippen molar-refractivity contribution in [2.75, 3.05) is 24.3 Å². The van der Waals surface area contributed by atoms with E-state index in [1.54, 1.807) is 0 Å². The molecule has 0 saturated carbocycles. The lowest BCUT2D eigenvalue weighted by Gasteiger charge is -2.13. The van der Waals surface area contributed by atoms with Gasteiger partial charge < -0.3 is 10.2 Å². The van der Waals surface area contributed by atoms with Crippen molar-refractivity contribution in [3.05, 3.63) is 54.1 Å². The van der Waals surface area contributed by atoms with Crippen molar-refractivity contribution in [1.29, 1.82) is 0 Å². The molecule has 19 heavy (non-hydrogen) atoms. The van der Waals surface area contributed by atoms with E-state index in [-0.39, 0.29) is 5.91 Å². The molecule has 0 bridgehead atoms. The Hall–Kier alpha value is -2.43. The summed E-state index contributed by atoms with van der Waals surface area (Å²) in [5.74, 6) is -0.919. The van der Waals surface area contributed by atoms with Crippen LogP contribution in [0, 0.1) is 5.95 Å². The van der Waals surface area contributed by atoms with Gasteiger partial charge in [0.25, 0.3) is 5.91 Å². The lowest BCUT2D eigenvalue weighted by Crippen LogP contribution is -2.13. The average molecular weight is 259 g/mol. The van der Waals surface area contributed by atoms with Gasteiger partial charge in [0.15, 0.2) is 0 Å². The summed E-state index contributed by atoms with van der Waals surface area (Å²) >= 11 is 0. The number of hydrogen-bond donors (Lipinski definition) is 1. The third-order valence-electron chi connectivity index (χ3n) is 2.63. The van der Waals surface area contributed by atoms with Crippen molar-refractivity contribution >= 4 is 17.3 Å². The van der Waals surface area contributed by atoms with Gasteiger partial charge in [0.1, 0.15) is 0 Å². The zero-order chi connectivity index (χ0) is 13.8. The summed E-state index contributed by atoms with van der Waals surface area (Å²) in [6.07, 6.45) is 1.21. The van der Waals surface area contributed by atoms with Crippen molar-refractivity contribution in [3.8, 4) is 0 Å². The number of hydrogen-bond acceptors (Lipinski definition) is 3. The molecule has 0 fully saturated rings. The van der Waals surface area contributed by atoms with E-state index >= 15 is 0 Å². The predicted molar refractivity (Wildman–Crippen MR) is 72.9 cm³/mol. The fourth-order valence-corrected chi connectivity index (χ4v) is 1.56. The number of benzene rings is 1. The van der Waals surface area contributed by atoms with Crippen LogP contribution in [-0.2, 0) is 0 Å². The van der Waals surface area contributed by atoms with Crippen LogP contribution < -0.4 is 10.2 Å². The average Bonchev–Trinajstić information content (AvgIpc) is 2.40. The molecule has 0 aliphatic carbocycles. The summed E-state index contributed by atoms with van der Waals surface area (Å²) in [6.45, 7) is 0. The number of pyridine rings is 1. The fraction of sp³-hybridized carbons (Fsp3) is 0.143. The van der Waals surface area contributed by atoms with E-state index < -0.39 is 5.95 Å². The second-order valence-corrected chi connectivity index (χ2v) is 4.27. The van der Waals surface area contributed by atoms with Gasteiger partial charge in [0.05, 0.1) is 5.56 Å². The van der Waals surface area contributed by atoms with Crippen molar-refractivity contribution in [3.63, 3.8) is 0 Å². The van der Waals surface area contributed by atoms with Crippen molar-refractivity contribution in [2.24, 2.45) is 0 Å². The normalized spacial score (nSPS) is 10.1. The molecule has 1 amide bonds. The Morgan fingerprint density at radius 2 is 1.84 bits per heavy atom. The third kappa shape index (κ3) is 3.28. The summed E-state index contributed by atoms with van der Waals surface area (Å²) in [5.41, 5.74) is 2.04. The van der Waals surface area contributed by atoms with E-state index in [9.17, 15) is 9.18 Å². The topological polar surface area (TPSA) is 45.2 Å². The van der Waals surface area contributed by atoms with Crippen LogP contribution in [0.5, 0.6) is 0 Å². The van der Waals surface area contributed by atoms with Gasteiger partial charge in [-0.2, -0.15) is 4.39 Å². The molecule has 0 aliphatic heterocycles. The van der Waals surface area contributed by atoms with Gasteiger partial charge in [0.2, 0.25) is 5.95 Å². The van der Waals surface area contributed by atoms with Gasteiger partial charge in [0, 0.05) is 31.7 Å². The molecule has 5 heteroatoms. The number of nitrogens with zero attached hydrogens (tertiary/aromatic N) is 2. The summed E-state index contributed by atoms with van der Waals surface area (Å²) in [6, 6.07) is 9.97. The second-order valence-electron chi connectivity index (χ2n) is 4.27. The van der Waals surface area contributed by atoms with Crippen LogP contribution in [0.15, 0.2) is 42.6 Å². The van der Waals surface area contributed by atoms with Crippen LogP contribution in [0.25, 0.3) is 0 Å². The maximum Gasteiger partial charge on any atom is 0.257 e. The molecule has 0 saturated heterocycles. The number of amides is 1. The molecular weight excluding hydrogens is 245 g/mol. The van der Waals surface area contributed by atoms with Crippen LogP contribution >= 0.6 is 0 Å². The molecule has 1 aromatic heterocycles. The summed E-state index contributed by atoms with van der Waals surface area (Å²) in [5, 5.41) is 2.72. The number of carbonyl (C=O) groups excluding carboxylic acids is 1. The Balaban J connectivity index is 2.08. The quantitative estimate of drug-likeness (QED) is 0.861. The van der Waals surface area contributed by atoms with E-state index in [0.29, 0.717) is 11.3 Å². The van der Waals surface area contributed by atoms with E-state index in [4.69, 9.17) is 0 Å². The minimum Gasteiger partial charge on any atom is -0.378 e. The van der Waals surface area contributed by atoms with Gasteiger partial charge in [-0.05, 0) is 36.4 Å². The number of carbonyl (C=O) groups is 1. The van der Waals surface area contributed by atoms with E-state index in [2.05, 4.69) is 10.3 Å². The van der Waals surface area contributed by atoms with Crippen molar-refractivity contribution < 1.29 is 9.18 Å². The van der Waals surface area contributed by atoms with Crippen LogP contribution in [0.4, 0.5) is 15.8 Å². The maximum absolute atomic E-state index is 12.6. The smallest absolute Gasteiger partial charge is 0.257 e. The predicted octanol–water partition coefficient (Wildman–Crippen LogP) is 2.54. The third-order valence-corrected chi connectivity index (χ3v) is 2.63. The summed E-state index contributed by atoms with van der Waals surface area (Å²) in [7, 11) is 3.88. The first-order valence-electron chi connectivity index (χ1n) is 5.76.